The van der Waals surface area contributed by atoms with Crippen LogP contribution in [0.5, 0.6) is 0 Å². The monoisotopic (exact) mass is 266 g/mol. The lowest BCUT2D eigenvalue weighted by atomic mass is 10.3. The minimum atomic E-state index is -3.69. The largest absolute Gasteiger partial charge is 0.314 e. The fourth-order valence-electron chi connectivity index (χ4n) is 1.97. The fourth-order valence-corrected chi connectivity index (χ4v) is 3.66. The molecule has 0 aliphatic carbocycles. The van der Waals surface area contributed by atoms with E-state index in [9.17, 15) is 8.42 Å². The molecule has 1 saturated heterocycles. The molecule has 0 unspecified atom stereocenters. The van der Waals surface area contributed by atoms with Crippen molar-refractivity contribution in [1.29, 1.82) is 5.26 Å². The molecule has 1 aromatic rings. The van der Waals surface area contributed by atoms with Crippen molar-refractivity contribution in [2.45, 2.75) is 18.0 Å². The van der Waals surface area contributed by atoms with E-state index in [0.29, 0.717) is 19.6 Å². The van der Waals surface area contributed by atoms with Crippen LogP contribution >= 0.6 is 0 Å². The highest BCUT2D eigenvalue weighted by molar-refractivity contribution is 7.89. The maximum Gasteiger partial charge on any atom is 0.262 e. The number of hydrogen-bond donors (Lipinski definition) is 1. The van der Waals surface area contributed by atoms with E-state index >= 15 is 0 Å². The van der Waals surface area contributed by atoms with Crippen LogP contribution in [0.3, 0.4) is 0 Å². The van der Waals surface area contributed by atoms with Crippen LogP contribution in [0.1, 0.15) is 12.5 Å². The van der Waals surface area contributed by atoms with Crippen molar-refractivity contribution >= 4 is 10.0 Å². The Morgan fingerprint density at radius 1 is 1.61 bits per heavy atom. The molecule has 0 bridgehead atoms. The van der Waals surface area contributed by atoms with E-state index in [1.165, 1.54) is 16.6 Å². The third kappa shape index (κ3) is 2.22. The molecule has 2 rings (SSSR count). The van der Waals surface area contributed by atoms with Crippen molar-refractivity contribution in [3.8, 4) is 6.07 Å². The molecule has 1 aliphatic rings. The van der Waals surface area contributed by atoms with E-state index in [0.717, 1.165) is 0 Å². The van der Waals surface area contributed by atoms with Gasteiger partial charge in [-0.05, 0) is 19.1 Å². The minimum Gasteiger partial charge on any atom is -0.314 e. The van der Waals surface area contributed by atoms with E-state index in [1.807, 2.05) is 13.0 Å². The summed E-state index contributed by atoms with van der Waals surface area (Å²) in [5, 5.41) is 11.9. The first-order chi connectivity index (χ1) is 8.57. The van der Waals surface area contributed by atoms with E-state index in [-0.39, 0.29) is 16.6 Å². The Bertz CT molecular complexity index is 579. The number of piperazine rings is 1. The van der Waals surface area contributed by atoms with Crippen LogP contribution in [0.25, 0.3) is 0 Å². The second-order valence-corrected chi connectivity index (χ2v) is 5.94. The van der Waals surface area contributed by atoms with Gasteiger partial charge in [0.15, 0.2) is 5.03 Å². The summed E-state index contributed by atoms with van der Waals surface area (Å²) in [6, 6.07) is 4.75. The summed E-state index contributed by atoms with van der Waals surface area (Å²) in [6.45, 7) is 3.44. The maximum absolute atomic E-state index is 12.5. The Morgan fingerprint density at radius 2 is 2.39 bits per heavy atom. The van der Waals surface area contributed by atoms with Crippen LogP contribution in [0.2, 0.25) is 0 Å². The van der Waals surface area contributed by atoms with Crippen molar-refractivity contribution in [2.24, 2.45) is 0 Å². The van der Waals surface area contributed by atoms with Gasteiger partial charge >= 0.3 is 0 Å². The van der Waals surface area contributed by atoms with Crippen molar-refractivity contribution in [3.05, 3.63) is 23.9 Å². The Balaban J connectivity index is 2.45. The Kier molecular flexibility index (Phi) is 3.61. The average molecular weight is 266 g/mol. The number of nitrogens with zero attached hydrogens (tertiary/aromatic N) is 3. The second-order valence-electron chi connectivity index (χ2n) is 4.14. The van der Waals surface area contributed by atoms with Crippen LogP contribution in [-0.4, -0.2) is 43.4 Å². The Labute approximate surface area is 106 Å². The highest BCUT2D eigenvalue weighted by Crippen LogP contribution is 2.20. The van der Waals surface area contributed by atoms with Crippen molar-refractivity contribution in [2.75, 3.05) is 19.6 Å². The molecule has 1 N–H and O–H groups in total. The number of rotatable bonds is 2. The molecule has 1 aromatic heterocycles. The molecule has 0 amide bonds. The molecule has 0 aromatic carbocycles. The van der Waals surface area contributed by atoms with E-state index < -0.39 is 10.0 Å². The highest BCUT2D eigenvalue weighted by atomic mass is 32.2. The topological polar surface area (TPSA) is 86.1 Å². The fraction of sp³-hybridized carbons (Fsp3) is 0.455. The standard InChI is InChI=1S/C11H14N4O2S/c1-9-8-13-5-6-15(9)18(16,17)11-10(7-12)3-2-4-14-11/h2-4,9,13H,5-6,8H2,1H3/t9-/m0/s1. The summed E-state index contributed by atoms with van der Waals surface area (Å²) in [7, 11) is -3.69. The lowest BCUT2D eigenvalue weighted by Gasteiger charge is -2.32. The number of hydrogen-bond acceptors (Lipinski definition) is 5. The van der Waals surface area contributed by atoms with Crippen LogP contribution in [0.4, 0.5) is 0 Å². The summed E-state index contributed by atoms with van der Waals surface area (Å²) >= 11 is 0. The van der Waals surface area contributed by atoms with Gasteiger partial charge in [0.1, 0.15) is 6.07 Å². The molecule has 1 fully saturated rings. The quantitative estimate of drug-likeness (QED) is 0.810. The van der Waals surface area contributed by atoms with Gasteiger partial charge in [-0.2, -0.15) is 9.57 Å². The molecular weight excluding hydrogens is 252 g/mol. The lowest BCUT2D eigenvalue weighted by molar-refractivity contribution is 0.283. The number of pyridine rings is 1. The molecule has 1 aliphatic heterocycles. The molecule has 0 spiro atoms. The first-order valence-electron chi connectivity index (χ1n) is 5.65. The van der Waals surface area contributed by atoms with Gasteiger partial charge in [-0.3, -0.25) is 0 Å². The minimum absolute atomic E-state index is 0.0863. The van der Waals surface area contributed by atoms with Gasteiger partial charge in [0, 0.05) is 31.9 Å². The molecule has 6 nitrogen and oxygen atoms in total. The van der Waals surface area contributed by atoms with Crippen LogP contribution in [0, 0.1) is 11.3 Å². The summed E-state index contributed by atoms with van der Waals surface area (Å²) in [6.07, 6.45) is 1.39. The van der Waals surface area contributed by atoms with Gasteiger partial charge in [0.2, 0.25) is 0 Å². The van der Waals surface area contributed by atoms with Crippen LogP contribution in [0.15, 0.2) is 23.4 Å². The van der Waals surface area contributed by atoms with Crippen LogP contribution < -0.4 is 5.32 Å². The molecule has 18 heavy (non-hydrogen) atoms. The number of nitriles is 1. The number of nitrogens with one attached hydrogen (secondary N) is 1. The summed E-state index contributed by atoms with van der Waals surface area (Å²) in [5.74, 6) is 0. The van der Waals surface area contributed by atoms with Gasteiger partial charge in [0.05, 0.1) is 5.56 Å². The number of aromatic nitrogens is 1. The van der Waals surface area contributed by atoms with Gasteiger partial charge in [-0.15, -0.1) is 0 Å². The first-order valence-corrected chi connectivity index (χ1v) is 7.09. The van der Waals surface area contributed by atoms with Crippen LogP contribution in [-0.2, 0) is 10.0 Å². The zero-order valence-corrected chi connectivity index (χ0v) is 10.8. The molecule has 2 heterocycles. The molecular formula is C11H14N4O2S. The predicted molar refractivity (Wildman–Crippen MR) is 65.2 cm³/mol. The van der Waals surface area contributed by atoms with E-state index in [1.54, 1.807) is 6.07 Å². The summed E-state index contributed by atoms with van der Waals surface area (Å²) < 4.78 is 26.3. The lowest BCUT2D eigenvalue weighted by Crippen LogP contribution is -2.52. The molecule has 0 radical (unpaired) electrons. The van der Waals surface area contributed by atoms with Crippen molar-refractivity contribution < 1.29 is 8.42 Å². The van der Waals surface area contributed by atoms with Crippen molar-refractivity contribution in [3.63, 3.8) is 0 Å². The van der Waals surface area contributed by atoms with Gasteiger partial charge in [0.25, 0.3) is 10.0 Å². The third-order valence-corrected chi connectivity index (χ3v) is 4.86. The molecule has 7 heteroatoms. The number of sulfonamides is 1. The van der Waals surface area contributed by atoms with E-state index in [4.69, 9.17) is 5.26 Å². The first kappa shape index (κ1) is 13.0. The zero-order valence-electron chi connectivity index (χ0n) is 10.00. The van der Waals surface area contributed by atoms with Crippen molar-refractivity contribution in [1.82, 2.24) is 14.6 Å². The Hall–Kier alpha value is -1.49. The third-order valence-electron chi connectivity index (χ3n) is 2.89. The SMILES string of the molecule is C[C@H]1CNCCN1S(=O)(=O)c1ncccc1C#N. The zero-order chi connectivity index (χ0) is 13.2. The van der Waals surface area contributed by atoms with Gasteiger partial charge in [-0.1, -0.05) is 0 Å². The van der Waals surface area contributed by atoms with Gasteiger partial charge < -0.3 is 5.32 Å². The summed E-state index contributed by atoms with van der Waals surface area (Å²) in [4.78, 5) is 3.86. The Morgan fingerprint density at radius 3 is 3.06 bits per heavy atom. The average Bonchev–Trinajstić information content (AvgIpc) is 2.39. The molecule has 96 valence electrons. The summed E-state index contributed by atoms with van der Waals surface area (Å²) in [5.41, 5.74) is 0.0863. The molecule has 1 atom stereocenters. The smallest absolute Gasteiger partial charge is 0.262 e. The maximum atomic E-state index is 12.5. The normalized spacial score (nSPS) is 21.4. The van der Waals surface area contributed by atoms with Gasteiger partial charge in [-0.25, -0.2) is 13.4 Å². The predicted octanol–water partition coefficient (Wildman–Crippen LogP) is -0.0643. The van der Waals surface area contributed by atoms with E-state index in [2.05, 4.69) is 10.3 Å². The molecule has 0 saturated carbocycles. The highest BCUT2D eigenvalue weighted by Gasteiger charge is 2.33. The second kappa shape index (κ2) is 5.02.